The third-order valence-corrected chi connectivity index (χ3v) is 6.82. The molecule has 13 heteroatoms. The van der Waals surface area contributed by atoms with E-state index in [4.69, 9.17) is 9.52 Å². The average molecular weight is 504 g/mol. The van der Waals surface area contributed by atoms with Crippen LogP contribution in [0.1, 0.15) is 16.2 Å². The van der Waals surface area contributed by atoms with Crippen molar-refractivity contribution in [3.8, 4) is 5.75 Å². The Morgan fingerprint density at radius 2 is 1.94 bits per heavy atom. The molecule has 0 bridgehead atoms. The second-order valence-corrected chi connectivity index (χ2v) is 9.66. The van der Waals surface area contributed by atoms with Crippen molar-refractivity contribution >= 4 is 32.2 Å². The molecule has 0 spiro atoms. The Morgan fingerprint density at radius 3 is 2.63 bits per heavy atom. The first-order chi connectivity index (χ1) is 16.6. The maximum atomic E-state index is 12.9. The Labute approximate surface area is 197 Å². The van der Waals surface area contributed by atoms with E-state index in [1.165, 1.54) is 42.4 Å². The molecule has 0 fully saturated rings. The summed E-state index contributed by atoms with van der Waals surface area (Å²) in [5, 5.41) is 7.52. The minimum atomic E-state index is -4.68. The van der Waals surface area contributed by atoms with E-state index in [-0.39, 0.29) is 23.7 Å². The maximum absolute atomic E-state index is 12.9. The van der Waals surface area contributed by atoms with Crippen molar-refractivity contribution in [1.29, 1.82) is 4.78 Å². The largest absolute Gasteiger partial charge is 0.494 e. The highest BCUT2D eigenvalue weighted by Crippen LogP contribution is 2.31. The number of halogens is 3. The SMILES string of the molecule is COc1cc2nn(CCS(=N)(=O)c3ccncc3)cc2cc1NC(=O)c1cccc(C(F)(F)F)n1. The van der Waals surface area contributed by atoms with Gasteiger partial charge in [-0.1, -0.05) is 6.07 Å². The van der Waals surface area contributed by atoms with Gasteiger partial charge in [0, 0.05) is 30.0 Å². The van der Waals surface area contributed by atoms with Crippen molar-refractivity contribution in [1.82, 2.24) is 19.7 Å². The lowest BCUT2D eigenvalue weighted by molar-refractivity contribution is -0.141. The molecular formula is C22H19F3N6O3S. The molecular weight excluding hydrogens is 485 g/mol. The molecule has 35 heavy (non-hydrogen) atoms. The van der Waals surface area contributed by atoms with E-state index in [1.54, 1.807) is 18.3 Å². The lowest BCUT2D eigenvalue weighted by Crippen LogP contribution is -2.17. The van der Waals surface area contributed by atoms with Crippen LogP contribution in [-0.4, -0.2) is 42.7 Å². The number of alkyl halides is 3. The van der Waals surface area contributed by atoms with Crippen molar-refractivity contribution in [3.05, 3.63) is 72.4 Å². The van der Waals surface area contributed by atoms with Crippen LogP contribution in [-0.2, 0) is 22.5 Å². The van der Waals surface area contributed by atoms with E-state index in [9.17, 15) is 22.2 Å². The molecule has 1 atom stereocenters. The summed E-state index contributed by atoms with van der Waals surface area (Å²) in [5.74, 6) is -0.580. The number of hydrogen-bond donors (Lipinski definition) is 2. The highest BCUT2D eigenvalue weighted by Gasteiger charge is 2.33. The zero-order chi connectivity index (χ0) is 25.2. The quantitative estimate of drug-likeness (QED) is 0.389. The summed E-state index contributed by atoms with van der Waals surface area (Å²) in [6.07, 6.45) is -0.0816. The van der Waals surface area contributed by atoms with Crippen LogP contribution < -0.4 is 10.1 Å². The molecule has 0 aliphatic heterocycles. The number of fused-ring (bicyclic) bond motifs is 1. The van der Waals surface area contributed by atoms with Gasteiger partial charge in [-0.3, -0.25) is 14.5 Å². The third kappa shape index (κ3) is 5.40. The summed E-state index contributed by atoms with van der Waals surface area (Å²) in [7, 11) is -1.67. The van der Waals surface area contributed by atoms with E-state index in [0.29, 0.717) is 15.8 Å². The Kier molecular flexibility index (Phi) is 6.43. The summed E-state index contributed by atoms with van der Waals surface area (Å²) in [6.45, 7) is 0.192. The molecule has 3 aromatic heterocycles. The predicted molar refractivity (Wildman–Crippen MR) is 122 cm³/mol. The fourth-order valence-corrected chi connectivity index (χ4v) is 4.53. The molecule has 9 nitrogen and oxygen atoms in total. The number of ether oxygens (including phenoxy) is 1. The summed E-state index contributed by atoms with van der Waals surface area (Å²) in [6, 6.07) is 9.25. The number of rotatable bonds is 7. The molecule has 4 rings (SSSR count). The van der Waals surface area contributed by atoms with Gasteiger partial charge >= 0.3 is 6.18 Å². The second-order valence-electron chi connectivity index (χ2n) is 7.43. The number of pyridine rings is 2. The normalized spacial score (nSPS) is 13.4. The second kappa shape index (κ2) is 9.33. The van der Waals surface area contributed by atoms with Gasteiger partial charge < -0.3 is 10.1 Å². The fourth-order valence-electron chi connectivity index (χ4n) is 3.29. The van der Waals surface area contributed by atoms with Crippen molar-refractivity contribution in [2.75, 3.05) is 18.2 Å². The molecule has 3 heterocycles. The molecule has 1 aromatic carbocycles. The summed E-state index contributed by atoms with van der Waals surface area (Å²) < 4.78 is 66.5. The fraction of sp³-hybridized carbons (Fsp3) is 0.182. The first kappa shape index (κ1) is 24.1. The molecule has 0 radical (unpaired) electrons. The Balaban J connectivity index is 1.56. The number of hydrogen-bond acceptors (Lipinski definition) is 7. The number of amides is 1. The Hall–Kier alpha value is -4.00. The minimum Gasteiger partial charge on any atom is -0.494 e. The monoisotopic (exact) mass is 504 g/mol. The molecule has 1 amide bonds. The molecule has 4 aromatic rings. The van der Waals surface area contributed by atoms with E-state index in [2.05, 4.69) is 20.4 Å². The number of carbonyl (C=O) groups excluding carboxylic acids is 1. The number of nitrogens with zero attached hydrogens (tertiary/aromatic N) is 4. The summed E-state index contributed by atoms with van der Waals surface area (Å²) >= 11 is 0. The van der Waals surface area contributed by atoms with Crippen LogP contribution in [0.4, 0.5) is 18.9 Å². The van der Waals surface area contributed by atoms with Crippen molar-refractivity contribution in [2.45, 2.75) is 17.6 Å². The third-order valence-electron chi connectivity index (χ3n) is 5.03. The number of anilines is 1. The Morgan fingerprint density at radius 1 is 1.20 bits per heavy atom. The highest BCUT2D eigenvalue weighted by molar-refractivity contribution is 7.92. The molecule has 0 aliphatic carbocycles. The van der Waals surface area contributed by atoms with E-state index in [0.717, 1.165) is 12.1 Å². The van der Waals surface area contributed by atoms with Crippen LogP contribution >= 0.6 is 0 Å². The van der Waals surface area contributed by atoms with Crippen LogP contribution in [0.5, 0.6) is 5.75 Å². The number of nitrogens with one attached hydrogen (secondary N) is 2. The van der Waals surface area contributed by atoms with Gasteiger partial charge in [0.05, 0.1) is 45.2 Å². The zero-order valence-corrected chi connectivity index (χ0v) is 19.1. The maximum Gasteiger partial charge on any atom is 0.433 e. The van der Waals surface area contributed by atoms with Crippen LogP contribution in [0.3, 0.4) is 0 Å². The molecule has 1 unspecified atom stereocenters. The van der Waals surface area contributed by atoms with Gasteiger partial charge in [-0.25, -0.2) is 14.0 Å². The Bertz CT molecular complexity index is 1490. The highest BCUT2D eigenvalue weighted by atomic mass is 32.2. The first-order valence-electron chi connectivity index (χ1n) is 10.1. The lowest BCUT2D eigenvalue weighted by atomic mass is 10.2. The summed E-state index contributed by atoms with van der Waals surface area (Å²) in [4.78, 5) is 20.2. The van der Waals surface area contributed by atoms with Crippen molar-refractivity contribution in [2.24, 2.45) is 0 Å². The zero-order valence-electron chi connectivity index (χ0n) is 18.2. The minimum absolute atomic E-state index is 0.0208. The van der Waals surface area contributed by atoms with Crippen molar-refractivity contribution < 1.29 is 26.9 Å². The number of methoxy groups -OCH3 is 1. The lowest BCUT2D eigenvalue weighted by Gasteiger charge is -2.11. The average Bonchev–Trinajstić information content (AvgIpc) is 3.24. The topological polar surface area (TPSA) is 123 Å². The first-order valence-corrected chi connectivity index (χ1v) is 11.9. The van der Waals surface area contributed by atoms with Gasteiger partial charge in [0.1, 0.15) is 17.1 Å². The number of benzene rings is 1. The van der Waals surface area contributed by atoms with Gasteiger partial charge in [0.15, 0.2) is 0 Å². The summed E-state index contributed by atoms with van der Waals surface area (Å²) in [5.41, 5.74) is -0.854. The molecule has 182 valence electrons. The number of carbonyl (C=O) groups is 1. The van der Waals surface area contributed by atoms with E-state index >= 15 is 0 Å². The van der Waals surface area contributed by atoms with Gasteiger partial charge in [-0.15, -0.1) is 0 Å². The van der Waals surface area contributed by atoms with Gasteiger partial charge in [0.2, 0.25) is 0 Å². The van der Waals surface area contributed by atoms with E-state index in [1.807, 2.05) is 0 Å². The predicted octanol–water partition coefficient (Wildman–Crippen LogP) is 4.21. The molecule has 0 saturated carbocycles. The smallest absolute Gasteiger partial charge is 0.433 e. The van der Waals surface area contributed by atoms with Crippen LogP contribution in [0, 0.1) is 4.78 Å². The van der Waals surface area contributed by atoms with Gasteiger partial charge in [0.25, 0.3) is 5.91 Å². The van der Waals surface area contributed by atoms with Crippen LogP contribution in [0.25, 0.3) is 10.9 Å². The molecule has 0 aliphatic rings. The molecule has 0 saturated heterocycles. The molecule has 2 N–H and O–H groups in total. The van der Waals surface area contributed by atoms with Crippen LogP contribution in [0.2, 0.25) is 0 Å². The number of aromatic nitrogens is 4. The van der Waals surface area contributed by atoms with Gasteiger partial charge in [-0.05, 0) is 30.3 Å². The van der Waals surface area contributed by atoms with Crippen LogP contribution in [0.15, 0.2) is 66.0 Å². The number of aryl methyl sites for hydroxylation is 1. The standard InChI is InChI=1S/C22H19F3N6O3S/c1-34-19-12-17-14(13-31(30-17)9-10-35(26,33)15-5-7-27-8-6-15)11-18(19)29-21(32)16-3-2-4-20(28-16)22(23,24)25/h2-8,11-13,26H,9-10H2,1H3,(H,29,32). The van der Waals surface area contributed by atoms with Gasteiger partial charge in [-0.2, -0.15) is 18.3 Å². The van der Waals surface area contributed by atoms with Crippen molar-refractivity contribution in [3.63, 3.8) is 0 Å². The van der Waals surface area contributed by atoms with E-state index < -0.39 is 33.2 Å².